The zero-order valence-electron chi connectivity index (χ0n) is 17.2. The highest BCUT2D eigenvalue weighted by Crippen LogP contribution is 2.45. The molecule has 0 aromatic heterocycles. The smallest absolute Gasteiger partial charge is 0.238 e. The van der Waals surface area contributed by atoms with Crippen LogP contribution in [0.5, 0.6) is 11.5 Å². The molecule has 6 nitrogen and oxygen atoms in total. The van der Waals surface area contributed by atoms with Crippen LogP contribution in [0.1, 0.15) is 36.6 Å². The topological polar surface area (TPSA) is 67.9 Å². The number of amides is 2. The number of methoxy groups -OCH3 is 2. The first-order valence-corrected chi connectivity index (χ1v) is 11.2. The number of nitrogens with zero attached hydrogens (tertiary/aromatic N) is 1. The van der Waals surface area contributed by atoms with Crippen LogP contribution in [0.15, 0.2) is 42.5 Å². The van der Waals surface area contributed by atoms with Crippen LogP contribution in [-0.2, 0) is 9.59 Å². The Morgan fingerprint density at radius 1 is 1.07 bits per heavy atom. The maximum absolute atomic E-state index is 12.7. The van der Waals surface area contributed by atoms with E-state index in [-0.39, 0.29) is 23.1 Å². The van der Waals surface area contributed by atoms with E-state index >= 15 is 0 Å². The summed E-state index contributed by atoms with van der Waals surface area (Å²) in [7, 11) is 3.18. The van der Waals surface area contributed by atoms with Crippen molar-refractivity contribution in [3.8, 4) is 11.5 Å². The van der Waals surface area contributed by atoms with Gasteiger partial charge in [-0.1, -0.05) is 25.0 Å². The van der Waals surface area contributed by atoms with Gasteiger partial charge >= 0.3 is 0 Å². The monoisotopic (exact) mass is 426 g/mol. The molecule has 0 bridgehead atoms. The average Bonchev–Trinajstić information content (AvgIpc) is 3.44. The molecule has 0 radical (unpaired) electrons. The summed E-state index contributed by atoms with van der Waals surface area (Å²) in [6.45, 7) is 0. The lowest BCUT2D eigenvalue weighted by Gasteiger charge is -2.26. The fourth-order valence-corrected chi connectivity index (χ4v) is 5.25. The van der Waals surface area contributed by atoms with Crippen molar-refractivity contribution in [1.29, 1.82) is 0 Å². The van der Waals surface area contributed by atoms with Gasteiger partial charge in [-0.05, 0) is 42.7 Å². The predicted octanol–water partition coefficient (Wildman–Crippen LogP) is 4.61. The summed E-state index contributed by atoms with van der Waals surface area (Å²) in [4.78, 5) is 26.8. The third-order valence-corrected chi connectivity index (χ3v) is 6.92. The van der Waals surface area contributed by atoms with Crippen LogP contribution >= 0.6 is 11.8 Å². The van der Waals surface area contributed by atoms with Crippen molar-refractivity contribution in [3.63, 3.8) is 0 Å². The van der Waals surface area contributed by atoms with E-state index in [1.54, 1.807) is 36.9 Å². The fraction of sp³-hybridized carbons (Fsp3) is 0.391. The highest BCUT2D eigenvalue weighted by atomic mass is 32.2. The van der Waals surface area contributed by atoms with Gasteiger partial charge in [-0.2, -0.15) is 0 Å². The van der Waals surface area contributed by atoms with E-state index in [9.17, 15) is 9.59 Å². The Kier molecular flexibility index (Phi) is 6.18. The molecule has 4 rings (SSSR count). The van der Waals surface area contributed by atoms with Gasteiger partial charge in [0, 0.05) is 17.7 Å². The molecule has 1 saturated carbocycles. The summed E-state index contributed by atoms with van der Waals surface area (Å²) in [6, 6.07) is 13.2. The van der Waals surface area contributed by atoms with E-state index in [0.717, 1.165) is 42.6 Å². The molecule has 1 aliphatic heterocycles. The van der Waals surface area contributed by atoms with Gasteiger partial charge in [0.25, 0.3) is 0 Å². The molecule has 2 aliphatic rings. The largest absolute Gasteiger partial charge is 0.497 e. The molecule has 1 atom stereocenters. The summed E-state index contributed by atoms with van der Waals surface area (Å²) >= 11 is 1.58. The Balaban J connectivity index is 1.54. The number of benzene rings is 2. The third-order valence-electron chi connectivity index (χ3n) is 5.70. The first kappa shape index (κ1) is 20.6. The molecule has 1 saturated heterocycles. The van der Waals surface area contributed by atoms with E-state index in [1.807, 2.05) is 36.4 Å². The molecule has 1 unspecified atom stereocenters. The van der Waals surface area contributed by atoms with E-state index in [1.165, 1.54) is 0 Å². The molecular formula is C23H26N2O4S. The Morgan fingerprint density at radius 3 is 2.47 bits per heavy atom. The number of carbonyl (C=O) groups excluding carboxylic acids is 2. The zero-order chi connectivity index (χ0) is 21.1. The van der Waals surface area contributed by atoms with Crippen LogP contribution in [0.4, 0.5) is 11.4 Å². The zero-order valence-corrected chi connectivity index (χ0v) is 18.0. The molecule has 2 fully saturated rings. The van der Waals surface area contributed by atoms with Crippen molar-refractivity contribution in [2.75, 3.05) is 30.2 Å². The minimum absolute atomic E-state index is 0.0343. The van der Waals surface area contributed by atoms with E-state index in [2.05, 4.69) is 5.32 Å². The molecule has 1 N–H and O–H groups in total. The summed E-state index contributed by atoms with van der Waals surface area (Å²) in [5.74, 6) is 1.94. The molecule has 2 aromatic carbocycles. The average molecular weight is 427 g/mol. The number of nitrogens with one attached hydrogen (secondary N) is 1. The van der Waals surface area contributed by atoms with Crippen LogP contribution in [-0.4, -0.2) is 31.8 Å². The molecule has 7 heteroatoms. The predicted molar refractivity (Wildman–Crippen MR) is 119 cm³/mol. The Hall–Kier alpha value is -2.67. The Labute approximate surface area is 180 Å². The lowest BCUT2D eigenvalue weighted by atomic mass is 10.1. The second-order valence-corrected chi connectivity index (χ2v) is 8.63. The third kappa shape index (κ3) is 4.12. The van der Waals surface area contributed by atoms with E-state index in [0.29, 0.717) is 17.3 Å². The van der Waals surface area contributed by atoms with Crippen molar-refractivity contribution >= 4 is 35.0 Å². The lowest BCUT2D eigenvalue weighted by molar-refractivity contribution is -0.119. The molecule has 158 valence electrons. The van der Waals surface area contributed by atoms with Crippen molar-refractivity contribution in [1.82, 2.24) is 0 Å². The van der Waals surface area contributed by atoms with Gasteiger partial charge < -0.3 is 14.8 Å². The van der Waals surface area contributed by atoms with E-state index in [4.69, 9.17) is 9.47 Å². The first-order valence-electron chi connectivity index (χ1n) is 10.2. The van der Waals surface area contributed by atoms with Crippen molar-refractivity contribution in [2.45, 2.75) is 31.1 Å². The van der Waals surface area contributed by atoms with Gasteiger partial charge in [-0.3, -0.25) is 14.5 Å². The Morgan fingerprint density at radius 2 is 1.80 bits per heavy atom. The normalized spacial score (nSPS) is 19.2. The molecule has 1 aliphatic carbocycles. The minimum atomic E-state index is -0.153. The molecule has 2 aromatic rings. The van der Waals surface area contributed by atoms with Crippen molar-refractivity contribution in [3.05, 3.63) is 48.0 Å². The molecular weight excluding hydrogens is 400 g/mol. The van der Waals surface area contributed by atoms with Crippen LogP contribution in [0, 0.1) is 5.92 Å². The van der Waals surface area contributed by atoms with Gasteiger partial charge in [-0.25, -0.2) is 0 Å². The summed E-state index contributed by atoms with van der Waals surface area (Å²) < 4.78 is 10.8. The molecule has 1 heterocycles. The number of carbonyl (C=O) groups is 2. The Bertz CT molecular complexity index is 925. The number of hydrogen-bond acceptors (Lipinski definition) is 5. The number of anilines is 2. The second-order valence-electron chi connectivity index (χ2n) is 7.56. The van der Waals surface area contributed by atoms with Crippen molar-refractivity contribution < 1.29 is 19.1 Å². The van der Waals surface area contributed by atoms with Crippen LogP contribution < -0.4 is 19.7 Å². The SMILES string of the molecule is COc1ccc(N2C(=O)CSC2c2ccc(NC(=O)C3CCCC3)cc2)c(OC)c1. The highest BCUT2D eigenvalue weighted by molar-refractivity contribution is 8.00. The molecule has 0 spiro atoms. The van der Waals surface area contributed by atoms with Crippen LogP contribution in [0.3, 0.4) is 0 Å². The maximum Gasteiger partial charge on any atom is 0.238 e. The number of thioether (sulfide) groups is 1. The first-order chi connectivity index (χ1) is 14.6. The quantitative estimate of drug-likeness (QED) is 0.731. The fourth-order valence-electron chi connectivity index (χ4n) is 4.08. The summed E-state index contributed by atoms with van der Waals surface area (Å²) in [5.41, 5.74) is 2.51. The van der Waals surface area contributed by atoms with Crippen LogP contribution in [0.2, 0.25) is 0 Å². The summed E-state index contributed by atoms with van der Waals surface area (Å²) in [6.07, 6.45) is 4.22. The van der Waals surface area contributed by atoms with Crippen LogP contribution in [0.25, 0.3) is 0 Å². The lowest BCUT2D eigenvalue weighted by Crippen LogP contribution is -2.28. The van der Waals surface area contributed by atoms with Gasteiger partial charge in [0.2, 0.25) is 11.8 Å². The van der Waals surface area contributed by atoms with E-state index < -0.39 is 0 Å². The number of hydrogen-bond donors (Lipinski definition) is 1. The maximum atomic E-state index is 12.7. The van der Waals surface area contributed by atoms with Gasteiger partial charge in [0.15, 0.2) is 0 Å². The standard InChI is InChI=1S/C23H26N2O4S/c1-28-18-11-12-19(20(13-18)29-2)25-21(26)14-30-23(25)16-7-9-17(10-8-16)24-22(27)15-5-3-4-6-15/h7-13,15,23H,3-6,14H2,1-2H3,(H,24,27). The number of rotatable bonds is 6. The van der Waals surface area contributed by atoms with Gasteiger partial charge in [0.1, 0.15) is 16.9 Å². The molecule has 2 amide bonds. The second kappa shape index (κ2) is 9.00. The van der Waals surface area contributed by atoms with Gasteiger partial charge in [-0.15, -0.1) is 11.8 Å². The highest BCUT2D eigenvalue weighted by Gasteiger charge is 2.35. The molecule has 30 heavy (non-hydrogen) atoms. The summed E-state index contributed by atoms with van der Waals surface area (Å²) in [5, 5.41) is 2.87. The minimum Gasteiger partial charge on any atom is -0.497 e. The van der Waals surface area contributed by atoms with Crippen molar-refractivity contribution in [2.24, 2.45) is 5.92 Å². The van der Waals surface area contributed by atoms with Gasteiger partial charge in [0.05, 0.1) is 25.7 Å². The number of ether oxygens (including phenoxy) is 2.